The van der Waals surface area contributed by atoms with Gasteiger partial charge >= 0.3 is 0 Å². The van der Waals surface area contributed by atoms with Crippen LogP contribution in [0.1, 0.15) is 11.1 Å². The number of nitrogens with zero attached hydrogens (tertiary/aromatic N) is 2. The summed E-state index contributed by atoms with van der Waals surface area (Å²) in [6.45, 7) is 5.45. The summed E-state index contributed by atoms with van der Waals surface area (Å²) in [5.74, 6) is 1.24. The maximum atomic E-state index is 11.7. The molecule has 0 unspecified atom stereocenters. The van der Waals surface area contributed by atoms with E-state index >= 15 is 0 Å². The van der Waals surface area contributed by atoms with Gasteiger partial charge in [-0.1, -0.05) is 35.8 Å². The molecule has 2 N–H and O–H groups in total. The van der Waals surface area contributed by atoms with Gasteiger partial charge in [-0.05, 0) is 30.7 Å². The lowest BCUT2D eigenvalue weighted by Crippen LogP contribution is -2.10. The van der Waals surface area contributed by atoms with E-state index in [2.05, 4.69) is 27.2 Å². The van der Waals surface area contributed by atoms with E-state index in [1.165, 1.54) is 32.7 Å². The van der Waals surface area contributed by atoms with Crippen molar-refractivity contribution in [3.05, 3.63) is 70.5 Å². The topological polar surface area (TPSA) is 94.6 Å². The van der Waals surface area contributed by atoms with Crippen molar-refractivity contribution in [3.63, 3.8) is 0 Å². The normalized spacial score (nSPS) is 10.3. The molecule has 8 nitrogen and oxygen atoms in total. The highest BCUT2D eigenvalue weighted by Crippen LogP contribution is 2.40. The van der Waals surface area contributed by atoms with Gasteiger partial charge in [0.05, 0.1) is 48.0 Å². The van der Waals surface area contributed by atoms with Crippen molar-refractivity contribution in [1.82, 2.24) is 9.97 Å². The van der Waals surface area contributed by atoms with Crippen LogP contribution in [0.5, 0.6) is 17.2 Å². The molecule has 0 saturated heterocycles. The van der Waals surface area contributed by atoms with Crippen LogP contribution in [-0.4, -0.2) is 30.1 Å². The monoisotopic (exact) mass is 488 g/mol. The minimum Gasteiger partial charge on any atom is -0.495 e. The van der Waals surface area contributed by atoms with Crippen LogP contribution in [-0.2, 0) is 11.4 Å². The van der Waals surface area contributed by atoms with E-state index < -0.39 is 0 Å². The Morgan fingerprint density at radius 2 is 1.70 bits per heavy atom. The Bertz CT molecular complexity index is 1140. The van der Waals surface area contributed by atoms with E-state index in [1.807, 2.05) is 25.1 Å². The van der Waals surface area contributed by atoms with E-state index in [-0.39, 0.29) is 12.5 Å². The number of ether oxygens (including phenoxy) is 3. The number of hydrogen-bond donors (Lipinski definition) is 2. The number of halogens is 2. The van der Waals surface area contributed by atoms with Gasteiger partial charge in [-0.15, -0.1) is 0 Å². The van der Waals surface area contributed by atoms with Crippen LogP contribution in [0, 0.1) is 6.92 Å². The van der Waals surface area contributed by atoms with Gasteiger partial charge in [-0.2, -0.15) is 0 Å². The molecule has 10 heteroatoms. The molecule has 1 amide bonds. The van der Waals surface area contributed by atoms with E-state index in [0.29, 0.717) is 50.2 Å². The molecule has 0 saturated carbocycles. The van der Waals surface area contributed by atoms with Crippen LogP contribution in [0.4, 0.5) is 17.3 Å². The second-order valence-electron chi connectivity index (χ2n) is 6.79. The molecule has 0 fully saturated rings. The number of nitrogens with one attached hydrogen (secondary N) is 2. The molecule has 0 bridgehead atoms. The zero-order valence-corrected chi connectivity index (χ0v) is 19.8. The Kier molecular flexibility index (Phi) is 7.97. The highest BCUT2D eigenvalue weighted by molar-refractivity contribution is 6.37. The van der Waals surface area contributed by atoms with Gasteiger partial charge in [-0.25, -0.2) is 9.97 Å². The summed E-state index contributed by atoms with van der Waals surface area (Å²) >= 11 is 12.7. The first-order valence-corrected chi connectivity index (χ1v) is 10.5. The van der Waals surface area contributed by atoms with Gasteiger partial charge in [0.2, 0.25) is 11.9 Å². The SMILES string of the molecule is C=CC(=O)Nc1cc(C)ccc1Nc1ncc(OCc2c(Cl)c(OC)cc(OC)c2Cl)cn1. The molecule has 3 aromatic rings. The molecule has 1 aromatic heterocycles. The predicted molar refractivity (Wildman–Crippen MR) is 129 cm³/mol. The summed E-state index contributed by atoms with van der Waals surface area (Å²) in [5.41, 5.74) is 2.71. The van der Waals surface area contributed by atoms with E-state index in [0.717, 1.165) is 5.56 Å². The van der Waals surface area contributed by atoms with Crippen molar-refractivity contribution >= 4 is 46.4 Å². The Morgan fingerprint density at radius 1 is 1.06 bits per heavy atom. The standard InChI is InChI=1S/C23H22Cl2N4O4/c1-5-20(30)28-17-8-13(2)6-7-16(17)29-23-26-10-14(11-27-23)33-12-15-21(24)18(31-3)9-19(32-4)22(15)25/h5-11H,1,12H2,2-4H3,(H,28,30)(H,26,27,29). The lowest BCUT2D eigenvalue weighted by molar-refractivity contribution is -0.111. The average molecular weight is 489 g/mol. The third kappa shape index (κ3) is 5.85. The second-order valence-corrected chi connectivity index (χ2v) is 7.54. The summed E-state index contributed by atoms with van der Waals surface area (Å²) in [4.78, 5) is 20.3. The lowest BCUT2D eigenvalue weighted by atomic mass is 10.2. The summed E-state index contributed by atoms with van der Waals surface area (Å²) in [5, 5.41) is 6.49. The highest BCUT2D eigenvalue weighted by Gasteiger charge is 2.18. The largest absolute Gasteiger partial charge is 0.495 e. The van der Waals surface area contributed by atoms with E-state index in [1.54, 1.807) is 6.07 Å². The number of hydrogen-bond acceptors (Lipinski definition) is 7. The maximum absolute atomic E-state index is 11.7. The van der Waals surface area contributed by atoms with Crippen molar-refractivity contribution in [2.45, 2.75) is 13.5 Å². The first-order valence-electron chi connectivity index (χ1n) is 9.71. The fourth-order valence-electron chi connectivity index (χ4n) is 2.85. The number of benzene rings is 2. The summed E-state index contributed by atoms with van der Waals surface area (Å²) in [6.07, 6.45) is 4.21. The van der Waals surface area contributed by atoms with Gasteiger partial charge in [0.15, 0.2) is 5.75 Å². The van der Waals surface area contributed by atoms with Crippen molar-refractivity contribution in [2.75, 3.05) is 24.9 Å². The smallest absolute Gasteiger partial charge is 0.247 e. The summed E-state index contributed by atoms with van der Waals surface area (Å²) < 4.78 is 16.3. The van der Waals surface area contributed by atoms with Crippen molar-refractivity contribution in [1.29, 1.82) is 0 Å². The molecular weight excluding hydrogens is 467 g/mol. The predicted octanol–water partition coefficient (Wildman–Crippen LogP) is 5.56. The van der Waals surface area contributed by atoms with Gasteiger partial charge in [-0.3, -0.25) is 4.79 Å². The minimum absolute atomic E-state index is 0.0526. The van der Waals surface area contributed by atoms with Crippen LogP contribution >= 0.6 is 23.2 Å². The molecule has 0 atom stereocenters. The van der Waals surface area contributed by atoms with Crippen LogP contribution in [0.25, 0.3) is 0 Å². The average Bonchev–Trinajstić information content (AvgIpc) is 2.81. The Balaban J connectivity index is 1.74. The lowest BCUT2D eigenvalue weighted by Gasteiger charge is -2.15. The number of anilines is 3. The van der Waals surface area contributed by atoms with Crippen LogP contribution in [0.15, 0.2) is 49.3 Å². The van der Waals surface area contributed by atoms with Gasteiger partial charge in [0.25, 0.3) is 0 Å². The van der Waals surface area contributed by atoms with Crippen molar-refractivity contribution in [3.8, 4) is 17.2 Å². The third-order valence-electron chi connectivity index (χ3n) is 4.54. The number of methoxy groups -OCH3 is 2. The number of rotatable bonds is 9. The fraction of sp³-hybridized carbons (Fsp3) is 0.174. The number of carbonyl (C=O) groups excluding carboxylic acids is 1. The molecule has 3 rings (SSSR count). The van der Waals surface area contributed by atoms with Crippen LogP contribution in [0.2, 0.25) is 10.0 Å². The number of amides is 1. The molecule has 2 aromatic carbocycles. The van der Waals surface area contributed by atoms with Crippen molar-refractivity contribution < 1.29 is 19.0 Å². The first-order chi connectivity index (χ1) is 15.9. The van der Waals surface area contributed by atoms with Crippen LogP contribution < -0.4 is 24.8 Å². The maximum Gasteiger partial charge on any atom is 0.247 e. The van der Waals surface area contributed by atoms with E-state index in [9.17, 15) is 4.79 Å². The molecular formula is C23H22Cl2N4O4. The summed E-state index contributed by atoms with van der Waals surface area (Å²) in [7, 11) is 3.00. The molecule has 0 aliphatic heterocycles. The van der Waals surface area contributed by atoms with Gasteiger partial charge in [0, 0.05) is 11.6 Å². The molecule has 0 radical (unpaired) electrons. The molecule has 0 aliphatic rings. The summed E-state index contributed by atoms with van der Waals surface area (Å²) in [6, 6.07) is 7.16. The number of aromatic nitrogens is 2. The third-order valence-corrected chi connectivity index (χ3v) is 5.37. The molecule has 0 spiro atoms. The Labute approximate surface area is 201 Å². The molecule has 1 heterocycles. The van der Waals surface area contributed by atoms with Gasteiger partial charge < -0.3 is 24.8 Å². The molecule has 33 heavy (non-hydrogen) atoms. The zero-order valence-electron chi connectivity index (χ0n) is 18.2. The van der Waals surface area contributed by atoms with E-state index in [4.69, 9.17) is 37.4 Å². The second kappa shape index (κ2) is 10.9. The Morgan fingerprint density at radius 3 is 2.27 bits per heavy atom. The number of aryl methyl sites for hydroxylation is 1. The molecule has 172 valence electrons. The quantitative estimate of drug-likeness (QED) is 0.380. The first kappa shape index (κ1) is 24.2. The molecule has 0 aliphatic carbocycles. The highest BCUT2D eigenvalue weighted by atomic mass is 35.5. The number of carbonyl (C=O) groups is 1. The van der Waals surface area contributed by atoms with Crippen molar-refractivity contribution in [2.24, 2.45) is 0 Å². The zero-order chi connectivity index (χ0) is 24.0. The minimum atomic E-state index is -0.320. The van der Waals surface area contributed by atoms with Crippen LogP contribution in [0.3, 0.4) is 0 Å². The fourth-order valence-corrected chi connectivity index (χ4v) is 3.46. The Hall–Kier alpha value is -3.49. The van der Waals surface area contributed by atoms with Gasteiger partial charge in [0.1, 0.15) is 18.1 Å².